The Morgan fingerprint density at radius 3 is 2.90 bits per heavy atom. The molecule has 0 amide bonds. The predicted molar refractivity (Wildman–Crippen MR) is 83.3 cm³/mol. The van der Waals surface area contributed by atoms with Crippen LogP contribution in [0, 0.1) is 6.92 Å². The summed E-state index contributed by atoms with van der Waals surface area (Å²) in [6.07, 6.45) is 0. The van der Waals surface area contributed by atoms with E-state index in [0.717, 1.165) is 22.7 Å². The van der Waals surface area contributed by atoms with E-state index in [0.29, 0.717) is 11.1 Å². The topological polar surface area (TPSA) is 59.2 Å². The molecule has 1 aliphatic heterocycles. The highest BCUT2D eigenvalue weighted by atomic mass is 32.2. The summed E-state index contributed by atoms with van der Waals surface area (Å²) >= 11 is 3.83. The van der Waals surface area contributed by atoms with Crippen LogP contribution in [0.3, 0.4) is 0 Å². The molecule has 0 saturated carbocycles. The lowest BCUT2D eigenvalue weighted by Gasteiger charge is -2.24. The van der Waals surface area contributed by atoms with Crippen molar-refractivity contribution in [3.05, 3.63) is 29.6 Å². The molecule has 1 aromatic heterocycles. The summed E-state index contributed by atoms with van der Waals surface area (Å²) in [7, 11) is 0. The van der Waals surface area contributed by atoms with Crippen molar-refractivity contribution in [2.75, 3.05) is 11.5 Å². The third kappa shape index (κ3) is 2.54. The predicted octanol–water partition coefficient (Wildman–Crippen LogP) is 3.66. The first kappa shape index (κ1) is 13.8. The number of aromatic hydroxyl groups is 1. The van der Waals surface area contributed by atoms with Gasteiger partial charge in [0.1, 0.15) is 5.75 Å². The van der Waals surface area contributed by atoms with Gasteiger partial charge in [-0.1, -0.05) is 18.1 Å². The fourth-order valence-corrected chi connectivity index (χ4v) is 4.91. The lowest BCUT2D eigenvalue weighted by atomic mass is 10.1. The highest BCUT2D eigenvalue weighted by Gasteiger charge is 2.28. The molecule has 0 aliphatic carbocycles. The number of hydrogen-bond acceptors (Lipinski definition) is 6. The fraction of sp³-hybridized carbons (Fsp3) is 0.429. The van der Waals surface area contributed by atoms with E-state index in [2.05, 4.69) is 17.1 Å². The van der Waals surface area contributed by atoms with E-state index < -0.39 is 0 Å². The van der Waals surface area contributed by atoms with E-state index in [1.165, 1.54) is 5.75 Å². The number of aromatic nitrogens is 2. The molecule has 0 radical (unpaired) electrons. The van der Waals surface area contributed by atoms with E-state index in [1.54, 1.807) is 12.1 Å². The highest BCUT2D eigenvalue weighted by molar-refractivity contribution is 8.06. The maximum atomic E-state index is 9.76. The molecule has 0 spiro atoms. The molecule has 6 heteroatoms. The van der Waals surface area contributed by atoms with Crippen molar-refractivity contribution < 1.29 is 9.63 Å². The maximum absolute atomic E-state index is 9.76. The first-order valence-corrected chi connectivity index (χ1v) is 8.62. The van der Waals surface area contributed by atoms with Crippen LogP contribution in [0.5, 0.6) is 5.75 Å². The number of hydrogen-bond donors (Lipinski definition) is 1. The normalized spacial score (nSPS) is 22.9. The van der Waals surface area contributed by atoms with Gasteiger partial charge in [-0.25, -0.2) is 0 Å². The van der Waals surface area contributed by atoms with Gasteiger partial charge in [0.15, 0.2) is 5.82 Å². The molecule has 4 nitrogen and oxygen atoms in total. The molecular formula is C14H16N2O2S2. The van der Waals surface area contributed by atoms with E-state index in [4.69, 9.17) is 4.52 Å². The van der Waals surface area contributed by atoms with Crippen LogP contribution in [-0.2, 0) is 0 Å². The Labute approximate surface area is 126 Å². The number of rotatable bonds is 2. The number of phenols is 1. The van der Waals surface area contributed by atoms with Crippen LogP contribution in [-0.4, -0.2) is 32.0 Å². The van der Waals surface area contributed by atoms with Gasteiger partial charge in [-0.2, -0.15) is 16.7 Å². The Morgan fingerprint density at radius 2 is 2.10 bits per heavy atom. The number of nitrogens with zero attached hydrogens (tertiary/aromatic N) is 2. The van der Waals surface area contributed by atoms with E-state index in [1.807, 2.05) is 36.5 Å². The Bertz CT molecular complexity index is 615. The molecule has 2 atom stereocenters. The van der Waals surface area contributed by atoms with Crippen LogP contribution in [0.4, 0.5) is 0 Å². The Hall–Kier alpha value is -1.14. The molecule has 20 heavy (non-hydrogen) atoms. The molecule has 2 unspecified atom stereocenters. The highest BCUT2D eigenvalue weighted by Crippen LogP contribution is 2.41. The smallest absolute Gasteiger partial charge is 0.258 e. The molecule has 0 bridgehead atoms. The lowest BCUT2D eigenvalue weighted by molar-refractivity contribution is 0.420. The van der Waals surface area contributed by atoms with Crippen molar-refractivity contribution in [3.8, 4) is 17.2 Å². The fourth-order valence-electron chi connectivity index (χ4n) is 2.23. The average Bonchev–Trinajstić information content (AvgIpc) is 2.92. The van der Waals surface area contributed by atoms with Gasteiger partial charge >= 0.3 is 0 Å². The largest absolute Gasteiger partial charge is 0.508 e. The lowest BCUT2D eigenvalue weighted by Crippen LogP contribution is -2.16. The van der Waals surface area contributed by atoms with Crippen LogP contribution < -0.4 is 0 Å². The second-order valence-corrected chi connectivity index (χ2v) is 7.51. The minimum atomic E-state index is 0.248. The maximum Gasteiger partial charge on any atom is 0.258 e. The molecule has 3 rings (SSSR count). The third-order valence-electron chi connectivity index (χ3n) is 3.42. The molecule has 1 saturated heterocycles. The zero-order valence-electron chi connectivity index (χ0n) is 11.4. The number of thioether (sulfide) groups is 2. The first-order chi connectivity index (χ1) is 9.66. The van der Waals surface area contributed by atoms with E-state index >= 15 is 0 Å². The van der Waals surface area contributed by atoms with Gasteiger partial charge < -0.3 is 9.63 Å². The second-order valence-electron chi connectivity index (χ2n) is 4.77. The summed E-state index contributed by atoms with van der Waals surface area (Å²) in [5.41, 5.74) is 1.56. The van der Waals surface area contributed by atoms with Crippen LogP contribution >= 0.6 is 23.5 Å². The summed E-state index contributed by atoms with van der Waals surface area (Å²) < 4.78 is 5.39. The monoisotopic (exact) mass is 308 g/mol. The van der Waals surface area contributed by atoms with Gasteiger partial charge in [0.2, 0.25) is 0 Å². The minimum Gasteiger partial charge on any atom is -0.508 e. The van der Waals surface area contributed by atoms with Gasteiger partial charge in [-0.3, -0.25) is 0 Å². The summed E-state index contributed by atoms with van der Waals surface area (Å²) in [5, 5.41) is 14.7. The third-order valence-corrected chi connectivity index (χ3v) is 6.51. The minimum absolute atomic E-state index is 0.248. The van der Waals surface area contributed by atoms with Crippen molar-refractivity contribution >= 4 is 23.5 Å². The number of phenolic OH excluding ortho intramolecular Hbond substituents is 1. The van der Waals surface area contributed by atoms with Crippen molar-refractivity contribution in [2.24, 2.45) is 0 Å². The second kappa shape index (κ2) is 5.69. The Kier molecular flexibility index (Phi) is 3.94. The SMILES string of the molecule is Cc1c(O)cccc1-c1nc(C2SCCSC2C)no1. The van der Waals surface area contributed by atoms with Crippen molar-refractivity contribution in [1.82, 2.24) is 10.1 Å². The zero-order chi connectivity index (χ0) is 14.1. The summed E-state index contributed by atoms with van der Waals surface area (Å²) in [5.74, 6) is 3.79. The molecule has 106 valence electrons. The molecular weight excluding hydrogens is 292 g/mol. The standard InChI is InChI=1S/C14H16N2O2S2/c1-8-10(4-3-5-11(8)17)14-15-13(16-18-14)12-9(2)19-6-7-20-12/h3-5,9,12,17H,6-7H2,1-2H3. The quantitative estimate of drug-likeness (QED) is 0.913. The van der Waals surface area contributed by atoms with Crippen LogP contribution in [0.2, 0.25) is 0 Å². The Morgan fingerprint density at radius 1 is 1.30 bits per heavy atom. The summed E-state index contributed by atoms with van der Waals surface area (Å²) in [6.45, 7) is 4.06. The molecule has 1 fully saturated rings. The van der Waals surface area contributed by atoms with E-state index in [-0.39, 0.29) is 11.0 Å². The molecule has 1 aliphatic rings. The van der Waals surface area contributed by atoms with Gasteiger partial charge in [0.25, 0.3) is 5.89 Å². The van der Waals surface area contributed by atoms with Gasteiger partial charge in [0.05, 0.1) is 5.25 Å². The van der Waals surface area contributed by atoms with Crippen molar-refractivity contribution in [1.29, 1.82) is 0 Å². The molecule has 2 heterocycles. The average molecular weight is 308 g/mol. The Balaban J connectivity index is 1.92. The molecule has 1 aromatic carbocycles. The van der Waals surface area contributed by atoms with E-state index in [9.17, 15) is 5.11 Å². The van der Waals surface area contributed by atoms with Gasteiger partial charge in [0, 0.05) is 27.9 Å². The molecule has 1 N–H and O–H groups in total. The van der Waals surface area contributed by atoms with Crippen LogP contribution in [0.1, 0.15) is 23.6 Å². The van der Waals surface area contributed by atoms with Crippen molar-refractivity contribution in [2.45, 2.75) is 24.3 Å². The van der Waals surface area contributed by atoms with Crippen LogP contribution in [0.15, 0.2) is 22.7 Å². The zero-order valence-corrected chi connectivity index (χ0v) is 13.0. The first-order valence-electron chi connectivity index (χ1n) is 6.52. The van der Waals surface area contributed by atoms with Gasteiger partial charge in [-0.05, 0) is 19.1 Å². The molecule has 2 aromatic rings. The van der Waals surface area contributed by atoms with Gasteiger partial charge in [-0.15, -0.1) is 11.8 Å². The van der Waals surface area contributed by atoms with Crippen LogP contribution in [0.25, 0.3) is 11.5 Å². The summed E-state index contributed by atoms with van der Waals surface area (Å²) in [6, 6.07) is 5.33. The summed E-state index contributed by atoms with van der Waals surface area (Å²) in [4.78, 5) is 4.53. The van der Waals surface area contributed by atoms with Crippen molar-refractivity contribution in [3.63, 3.8) is 0 Å². The number of benzene rings is 1.